The van der Waals surface area contributed by atoms with Gasteiger partial charge >= 0.3 is 0 Å². The lowest BCUT2D eigenvalue weighted by molar-refractivity contribution is -0.144. The maximum Gasteiger partial charge on any atom is 0.290 e. The molecule has 0 aromatic heterocycles. The van der Waals surface area contributed by atoms with E-state index >= 15 is 0 Å². The lowest BCUT2D eigenvalue weighted by Gasteiger charge is -2.35. The molecule has 2 fully saturated rings. The van der Waals surface area contributed by atoms with Crippen molar-refractivity contribution >= 4 is 39.1 Å². The molecule has 0 aliphatic carbocycles. The maximum atomic E-state index is 12.9. The van der Waals surface area contributed by atoms with E-state index in [0.29, 0.717) is 26.1 Å². The Balaban J connectivity index is 0.00000103. The van der Waals surface area contributed by atoms with E-state index in [2.05, 4.69) is 4.72 Å². The quantitative estimate of drug-likeness (QED) is 0.524. The molecule has 4 rings (SSSR count). The average molecular weight is 491 g/mol. The number of nitrogens with two attached hydrogens (primary N) is 1. The van der Waals surface area contributed by atoms with Crippen molar-refractivity contribution in [3.05, 3.63) is 42.5 Å². The Kier molecular flexibility index (Phi) is 8.24. The molecule has 2 amide bonds. The Morgan fingerprint density at radius 3 is 2.53 bits per heavy atom. The Bertz CT molecular complexity index is 1160. The molecule has 0 spiro atoms. The minimum absolute atomic E-state index is 0.0410. The highest BCUT2D eigenvalue weighted by atomic mass is 32.2. The van der Waals surface area contributed by atoms with Crippen LogP contribution in [0.25, 0.3) is 10.8 Å². The zero-order chi connectivity index (χ0) is 24.9. The SMILES string of the molecule is C[C@@H](C(=O)N1CCC[C@@H](N)C1)N1CC[C@H](NS(=O)(=O)c2ccc3ccccc3c2)C1=O.O=CO. The zero-order valence-corrected chi connectivity index (χ0v) is 19.8. The highest BCUT2D eigenvalue weighted by Crippen LogP contribution is 2.22. The van der Waals surface area contributed by atoms with Gasteiger partial charge in [-0.25, -0.2) is 8.42 Å². The van der Waals surface area contributed by atoms with E-state index in [1.165, 1.54) is 11.0 Å². The number of amides is 2. The second-order valence-electron chi connectivity index (χ2n) is 8.47. The first-order valence-electron chi connectivity index (χ1n) is 11.1. The van der Waals surface area contributed by atoms with E-state index in [1.807, 2.05) is 24.3 Å². The summed E-state index contributed by atoms with van der Waals surface area (Å²) in [6, 6.07) is 10.8. The van der Waals surface area contributed by atoms with Gasteiger partial charge in [-0.05, 0) is 49.1 Å². The van der Waals surface area contributed by atoms with Gasteiger partial charge in [0.25, 0.3) is 6.47 Å². The molecule has 10 nitrogen and oxygen atoms in total. The number of hydrogen-bond donors (Lipinski definition) is 3. The summed E-state index contributed by atoms with van der Waals surface area (Å²) in [5.74, 6) is -0.506. The lowest BCUT2D eigenvalue weighted by Crippen LogP contribution is -2.54. The number of hydrogen-bond acceptors (Lipinski definition) is 6. The summed E-state index contributed by atoms with van der Waals surface area (Å²) in [6.07, 6.45) is 2.06. The third-order valence-corrected chi connectivity index (χ3v) is 7.63. The van der Waals surface area contributed by atoms with Crippen LogP contribution in [0.15, 0.2) is 47.4 Å². The second kappa shape index (κ2) is 10.9. The molecule has 2 saturated heterocycles. The number of sulfonamides is 1. The van der Waals surface area contributed by atoms with E-state index in [4.69, 9.17) is 15.6 Å². The number of nitrogens with zero attached hydrogens (tertiary/aromatic N) is 2. The van der Waals surface area contributed by atoms with Gasteiger partial charge in [-0.3, -0.25) is 14.4 Å². The summed E-state index contributed by atoms with van der Waals surface area (Å²) in [4.78, 5) is 37.4. The molecule has 11 heteroatoms. The average Bonchev–Trinajstić information content (AvgIpc) is 3.17. The normalized spacial score (nSPS) is 21.6. The minimum atomic E-state index is -3.87. The van der Waals surface area contributed by atoms with Gasteiger partial charge in [0.05, 0.1) is 4.90 Å². The number of likely N-dealkylation sites (tertiary alicyclic amines) is 2. The van der Waals surface area contributed by atoms with Crippen molar-refractivity contribution in [1.82, 2.24) is 14.5 Å². The van der Waals surface area contributed by atoms with Crippen LogP contribution in [-0.4, -0.2) is 79.4 Å². The lowest BCUT2D eigenvalue weighted by atomic mass is 10.1. The van der Waals surface area contributed by atoms with Crippen LogP contribution in [0.4, 0.5) is 0 Å². The third kappa shape index (κ3) is 5.72. The molecule has 2 aliphatic rings. The molecule has 2 aromatic carbocycles. The van der Waals surface area contributed by atoms with Crippen molar-refractivity contribution in [3.8, 4) is 0 Å². The number of nitrogens with one attached hydrogen (secondary N) is 1. The summed E-state index contributed by atoms with van der Waals surface area (Å²) < 4.78 is 28.3. The van der Waals surface area contributed by atoms with Gasteiger partial charge in [0, 0.05) is 25.7 Å². The Hall–Kier alpha value is -3.02. The van der Waals surface area contributed by atoms with Crippen LogP contribution >= 0.6 is 0 Å². The van der Waals surface area contributed by atoms with Gasteiger partial charge in [0.15, 0.2) is 0 Å². The molecule has 0 saturated carbocycles. The molecule has 0 bridgehead atoms. The number of piperidine rings is 1. The first-order valence-corrected chi connectivity index (χ1v) is 12.6. The summed E-state index contributed by atoms with van der Waals surface area (Å²) in [6.45, 7) is 2.90. The number of benzene rings is 2. The topological polar surface area (TPSA) is 150 Å². The van der Waals surface area contributed by atoms with E-state index < -0.39 is 22.1 Å². The Morgan fingerprint density at radius 2 is 1.85 bits per heavy atom. The highest BCUT2D eigenvalue weighted by Gasteiger charge is 2.40. The van der Waals surface area contributed by atoms with Crippen molar-refractivity contribution in [1.29, 1.82) is 0 Å². The monoisotopic (exact) mass is 490 g/mol. The smallest absolute Gasteiger partial charge is 0.290 e. The predicted molar refractivity (Wildman–Crippen MR) is 126 cm³/mol. The van der Waals surface area contributed by atoms with E-state index in [9.17, 15) is 18.0 Å². The van der Waals surface area contributed by atoms with Crippen molar-refractivity contribution in [2.75, 3.05) is 19.6 Å². The first kappa shape index (κ1) is 25.6. The minimum Gasteiger partial charge on any atom is -0.483 e. The summed E-state index contributed by atoms with van der Waals surface area (Å²) >= 11 is 0. The number of fused-ring (bicyclic) bond motifs is 1. The Morgan fingerprint density at radius 1 is 1.18 bits per heavy atom. The molecule has 2 heterocycles. The van der Waals surface area contributed by atoms with Gasteiger partial charge in [-0.15, -0.1) is 0 Å². The number of carboxylic acid groups (broad SMARTS) is 1. The fourth-order valence-corrected chi connectivity index (χ4v) is 5.65. The van der Waals surface area contributed by atoms with Crippen LogP contribution in [0.3, 0.4) is 0 Å². The number of carbonyl (C=O) groups is 3. The van der Waals surface area contributed by atoms with Crippen molar-refractivity contribution in [3.63, 3.8) is 0 Å². The number of rotatable bonds is 5. The molecular formula is C23H30N4O6S. The molecular weight excluding hydrogens is 460 g/mol. The molecule has 2 aromatic rings. The molecule has 2 aliphatic heterocycles. The van der Waals surface area contributed by atoms with Gasteiger partial charge in [0.1, 0.15) is 12.1 Å². The number of carbonyl (C=O) groups excluding carboxylic acids is 2. The van der Waals surface area contributed by atoms with E-state index in [-0.39, 0.29) is 29.2 Å². The van der Waals surface area contributed by atoms with E-state index in [1.54, 1.807) is 24.0 Å². The van der Waals surface area contributed by atoms with Gasteiger partial charge in [-0.2, -0.15) is 4.72 Å². The molecule has 184 valence electrons. The molecule has 0 radical (unpaired) electrons. The van der Waals surface area contributed by atoms with Gasteiger partial charge in [0.2, 0.25) is 21.8 Å². The van der Waals surface area contributed by atoms with E-state index in [0.717, 1.165) is 23.6 Å². The summed E-state index contributed by atoms with van der Waals surface area (Å²) in [7, 11) is -3.87. The van der Waals surface area contributed by atoms with Crippen LogP contribution in [0.2, 0.25) is 0 Å². The van der Waals surface area contributed by atoms with Gasteiger partial charge in [-0.1, -0.05) is 30.3 Å². The molecule has 3 atom stereocenters. The van der Waals surface area contributed by atoms with Crippen molar-refractivity contribution in [2.24, 2.45) is 5.73 Å². The predicted octanol–water partition coefficient (Wildman–Crippen LogP) is 0.758. The maximum absolute atomic E-state index is 12.9. The fraction of sp³-hybridized carbons (Fsp3) is 0.435. The van der Waals surface area contributed by atoms with Gasteiger partial charge < -0.3 is 20.6 Å². The largest absolute Gasteiger partial charge is 0.483 e. The third-order valence-electron chi connectivity index (χ3n) is 6.16. The summed E-state index contributed by atoms with van der Waals surface area (Å²) in [5.41, 5.74) is 5.97. The second-order valence-corrected chi connectivity index (χ2v) is 10.2. The van der Waals surface area contributed by atoms with Crippen LogP contribution in [0.5, 0.6) is 0 Å². The first-order chi connectivity index (χ1) is 16.2. The Labute approximate surface area is 198 Å². The fourth-order valence-electron chi connectivity index (χ4n) is 4.39. The highest BCUT2D eigenvalue weighted by molar-refractivity contribution is 7.89. The summed E-state index contributed by atoms with van der Waals surface area (Å²) in [5, 5.41) is 8.64. The molecule has 34 heavy (non-hydrogen) atoms. The standard InChI is InChI=1S/C22H28N4O4S.CH2O2/c1-15(21(27)25-11-4-7-18(23)14-25)26-12-10-20(22(26)28)24-31(29,30)19-9-8-16-5-2-3-6-17(16)13-19;2-1-3/h2-3,5-6,8-9,13,15,18,20,24H,4,7,10-12,14,23H2,1H3;1H,(H,2,3)/t15-,18+,20-;/m0./s1. The van der Waals surface area contributed by atoms with Crippen LogP contribution in [0.1, 0.15) is 26.2 Å². The van der Waals surface area contributed by atoms with Crippen molar-refractivity contribution in [2.45, 2.75) is 49.2 Å². The van der Waals surface area contributed by atoms with Crippen molar-refractivity contribution < 1.29 is 27.9 Å². The zero-order valence-electron chi connectivity index (χ0n) is 19.0. The van der Waals surface area contributed by atoms with Crippen LogP contribution in [0, 0.1) is 0 Å². The molecule has 0 unspecified atom stereocenters. The molecule has 4 N–H and O–H groups in total. The van der Waals surface area contributed by atoms with Crippen LogP contribution in [-0.2, 0) is 24.4 Å². The van der Waals surface area contributed by atoms with Crippen LogP contribution < -0.4 is 10.5 Å².